The third-order valence-electron chi connectivity index (χ3n) is 3.74. The second-order valence-corrected chi connectivity index (χ2v) is 5.39. The quantitative estimate of drug-likeness (QED) is 0.702. The third kappa shape index (κ3) is 5.22. The highest BCUT2D eigenvalue weighted by Crippen LogP contribution is 2.27. The van der Waals surface area contributed by atoms with Crippen LogP contribution in [0.4, 0.5) is 5.69 Å². The maximum atomic E-state index is 12.4. The fourth-order valence-electron chi connectivity index (χ4n) is 2.57. The fourth-order valence-corrected chi connectivity index (χ4v) is 2.57. The monoisotopic (exact) mass is 343 g/mol. The summed E-state index contributed by atoms with van der Waals surface area (Å²) in [6, 6.07) is 16.9. The van der Waals surface area contributed by atoms with Crippen molar-refractivity contribution in [3.8, 4) is 5.75 Å². The van der Waals surface area contributed by atoms with Gasteiger partial charge in [-0.2, -0.15) is 0 Å². The van der Waals surface area contributed by atoms with Crippen LogP contribution in [0.1, 0.15) is 25.5 Å². The topological polar surface area (TPSA) is 56.8 Å². The van der Waals surface area contributed by atoms with Gasteiger partial charge in [-0.3, -0.25) is 0 Å². The normalized spacial score (nSPS) is 12.9. The molecule has 0 bridgehead atoms. The van der Waals surface area contributed by atoms with Crippen LogP contribution in [0.5, 0.6) is 5.75 Å². The van der Waals surface area contributed by atoms with E-state index in [1.165, 1.54) is 0 Å². The first-order valence-corrected chi connectivity index (χ1v) is 8.43. The molecule has 2 aromatic carbocycles. The van der Waals surface area contributed by atoms with Crippen LogP contribution in [0, 0.1) is 0 Å². The van der Waals surface area contributed by atoms with Crippen LogP contribution in [0.15, 0.2) is 54.6 Å². The molecule has 0 saturated carbocycles. The lowest BCUT2D eigenvalue weighted by Crippen LogP contribution is -2.37. The smallest absolute Gasteiger partial charge is 0.337 e. The molecule has 0 aliphatic heterocycles. The Morgan fingerprint density at radius 2 is 1.68 bits per heavy atom. The number of rotatable bonds is 9. The Labute approximate surface area is 148 Å². The van der Waals surface area contributed by atoms with Crippen molar-refractivity contribution < 1.29 is 19.0 Å². The van der Waals surface area contributed by atoms with Crippen LogP contribution in [-0.2, 0) is 14.3 Å². The van der Waals surface area contributed by atoms with Crippen LogP contribution >= 0.6 is 0 Å². The summed E-state index contributed by atoms with van der Waals surface area (Å²) < 4.78 is 16.1. The number of hydrogen-bond donors (Lipinski definition) is 1. The molecule has 0 saturated heterocycles. The van der Waals surface area contributed by atoms with Crippen LogP contribution in [0.3, 0.4) is 0 Å². The molecular weight excluding hydrogens is 318 g/mol. The van der Waals surface area contributed by atoms with Crippen molar-refractivity contribution in [2.45, 2.75) is 26.0 Å². The molecule has 1 N–H and O–H groups in total. The molecule has 0 heterocycles. The van der Waals surface area contributed by atoms with Crippen LogP contribution < -0.4 is 10.1 Å². The van der Waals surface area contributed by atoms with Gasteiger partial charge in [0.15, 0.2) is 6.10 Å². The van der Waals surface area contributed by atoms with E-state index >= 15 is 0 Å². The standard InChI is InChI=1S/C20H25NO4/c1-4-24-19(20(22)25-5-2)18(15-9-7-6-8-10-15)21-16-11-13-17(23-3)14-12-16/h6-14,18-19,21H,4-5H2,1-3H3/t18-,19+/m0/s1. The molecule has 0 fully saturated rings. The molecule has 25 heavy (non-hydrogen) atoms. The second kappa shape index (κ2) is 9.69. The van der Waals surface area contributed by atoms with E-state index in [1.807, 2.05) is 61.5 Å². The molecule has 0 unspecified atom stereocenters. The third-order valence-corrected chi connectivity index (χ3v) is 3.74. The van der Waals surface area contributed by atoms with Gasteiger partial charge in [0.25, 0.3) is 0 Å². The summed E-state index contributed by atoms with van der Waals surface area (Å²) in [7, 11) is 1.63. The van der Waals surface area contributed by atoms with Gasteiger partial charge in [0.05, 0.1) is 19.8 Å². The van der Waals surface area contributed by atoms with Gasteiger partial charge in [-0.25, -0.2) is 4.79 Å². The van der Waals surface area contributed by atoms with Gasteiger partial charge >= 0.3 is 5.97 Å². The molecule has 2 atom stereocenters. The minimum absolute atomic E-state index is 0.312. The van der Waals surface area contributed by atoms with Gasteiger partial charge in [0.2, 0.25) is 0 Å². The summed E-state index contributed by atoms with van der Waals surface area (Å²) in [6.07, 6.45) is -0.741. The van der Waals surface area contributed by atoms with E-state index in [1.54, 1.807) is 14.0 Å². The number of hydrogen-bond acceptors (Lipinski definition) is 5. The van der Waals surface area contributed by atoms with Gasteiger partial charge in [-0.1, -0.05) is 30.3 Å². The first-order chi connectivity index (χ1) is 12.2. The molecule has 0 radical (unpaired) electrons. The van der Waals surface area contributed by atoms with E-state index in [0.717, 1.165) is 17.0 Å². The minimum Gasteiger partial charge on any atom is -0.497 e. The Bertz CT molecular complexity index is 643. The van der Waals surface area contributed by atoms with Crippen LogP contribution in [-0.4, -0.2) is 32.4 Å². The first kappa shape index (κ1) is 18.8. The summed E-state index contributed by atoms with van der Waals surface area (Å²) in [5.41, 5.74) is 1.81. The van der Waals surface area contributed by atoms with E-state index in [2.05, 4.69) is 5.32 Å². The Morgan fingerprint density at radius 1 is 1.00 bits per heavy atom. The maximum Gasteiger partial charge on any atom is 0.337 e. The van der Waals surface area contributed by atoms with Crippen molar-refractivity contribution in [2.24, 2.45) is 0 Å². The van der Waals surface area contributed by atoms with Crippen molar-refractivity contribution in [1.29, 1.82) is 0 Å². The number of anilines is 1. The summed E-state index contributed by atoms with van der Waals surface area (Å²) >= 11 is 0. The number of methoxy groups -OCH3 is 1. The van der Waals surface area contributed by atoms with Gasteiger partial charge in [-0.15, -0.1) is 0 Å². The predicted molar refractivity (Wildman–Crippen MR) is 97.8 cm³/mol. The van der Waals surface area contributed by atoms with Gasteiger partial charge in [0.1, 0.15) is 5.75 Å². The molecule has 0 amide bonds. The van der Waals surface area contributed by atoms with E-state index in [4.69, 9.17) is 14.2 Å². The first-order valence-electron chi connectivity index (χ1n) is 8.43. The highest BCUT2D eigenvalue weighted by atomic mass is 16.6. The maximum absolute atomic E-state index is 12.4. The molecular formula is C20H25NO4. The molecule has 134 valence electrons. The number of carbonyl (C=O) groups is 1. The van der Waals surface area contributed by atoms with Gasteiger partial charge in [-0.05, 0) is 43.7 Å². The zero-order valence-corrected chi connectivity index (χ0v) is 14.9. The zero-order valence-electron chi connectivity index (χ0n) is 14.9. The highest BCUT2D eigenvalue weighted by Gasteiger charge is 2.31. The zero-order chi connectivity index (χ0) is 18.1. The lowest BCUT2D eigenvalue weighted by molar-refractivity contribution is -0.157. The summed E-state index contributed by atoms with van der Waals surface area (Å²) in [5, 5.41) is 3.39. The Morgan fingerprint density at radius 3 is 2.24 bits per heavy atom. The molecule has 2 rings (SSSR count). The van der Waals surface area contributed by atoms with E-state index in [0.29, 0.717) is 13.2 Å². The van der Waals surface area contributed by atoms with Crippen LogP contribution in [0.25, 0.3) is 0 Å². The molecule has 0 aromatic heterocycles. The highest BCUT2D eigenvalue weighted by molar-refractivity contribution is 5.77. The molecule has 0 aliphatic rings. The van der Waals surface area contributed by atoms with Crippen molar-refractivity contribution in [1.82, 2.24) is 0 Å². The summed E-state index contributed by atoms with van der Waals surface area (Å²) in [4.78, 5) is 12.4. The molecule has 0 spiro atoms. The van der Waals surface area contributed by atoms with Crippen molar-refractivity contribution in [3.63, 3.8) is 0 Å². The van der Waals surface area contributed by atoms with E-state index < -0.39 is 6.10 Å². The average Bonchev–Trinajstić information content (AvgIpc) is 2.66. The lowest BCUT2D eigenvalue weighted by Gasteiger charge is -2.27. The number of nitrogens with one attached hydrogen (secondary N) is 1. The van der Waals surface area contributed by atoms with Crippen molar-refractivity contribution >= 4 is 11.7 Å². The molecule has 0 aliphatic carbocycles. The molecule has 5 nitrogen and oxygen atoms in total. The predicted octanol–water partition coefficient (Wildman–Crippen LogP) is 3.82. The van der Waals surface area contributed by atoms with Crippen molar-refractivity contribution in [2.75, 3.05) is 25.6 Å². The largest absolute Gasteiger partial charge is 0.497 e. The number of carbonyl (C=O) groups excluding carboxylic acids is 1. The van der Waals surface area contributed by atoms with Gasteiger partial charge < -0.3 is 19.5 Å². The minimum atomic E-state index is -0.741. The van der Waals surface area contributed by atoms with E-state index in [-0.39, 0.29) is 12.0 Å². The van der Waals surface area contributed by atoms with Gasteiger partial charge in [0, 0.05) is 12.3 Å². The second-order valence-electron chi connectivity index (χ2n) is 5.39. The number of ether oxygens (including phenoxy) is 3. The Hall–Kier alpha value is -2.53. The SMILES string of the molecule is CCOC(=O)[C@H](OCC)[C@@H](Nc1ccc(OC)cc1)c1ccccc1. The summed E-state index contributed by atoms with van der Waals surface area (Å²) in [6.45, 7) is 4.38. The number of benzene rings is 2. The van der Waals surface area contributed by atoms with E-state index in [9.17, 15) is 4.79 Å². The Kier molecular flexibility index (Phi) is 7.29. The van der Waals surface area contributed by atoms with Crippen LogP contribution in [0.2, 0.25) is 0 Å². The lowest BCUT2D eigenvalue weighted by atomic mass is 10.0. The molecule has 2 aromatic rings. The molecule has 5 heteroatoms. The Balaban J connectivity index is 2.32. The average molecular weight is 343 g/mol. The number of esters is 1. The fraction of sp³-hybridized carbons (Fsp3) is 0.350. The summed E-state index contributed by atoms with van der Waals surface area (Å²) in [5.74, 6) is 0.396. The van der Waals surface area contributed by atoms with Crippen molar-refractivity contribution in [3.05, 3.63) is 60.2 Å².